The standard InChI is InChI=1S/C15H14ClFO/c1-11-5-6-15(13(7-11)9-16)18-10-12-3-2-4-14(17)8-12/h2-8H,9-10H2,1H3. The topological polar surface area (TPSA) is 9.23 Å². The smallest absolute Gasteiger partial charge is 0.124 e. The quantitative estimate of drug-likeness (QED) is 0.741. The van der Waals surface area contributed by atoms with E-state index >= 15 is 0 Å². The van der Waals surface area contributed by atoms with E-state index in [-0.39, 0.29) is 5.82 Å². The second-order valence-corrected chi connectivity index (χ2v) is 4.43. The summed E-state index contributed by atoms with van der Waals surface area (Å²) < 4.78 is 18.7. The molecule has 0 saturated heterocycles. The zero-order valence-corrected chi connectivity index (χ0v) is 10.9. The average molecular weight is 265 g/mol. The first-order valence-electron chi connectivity index (χ1n) is 5.72. The number of hydrogen-bond donors (Lipinski definition) is 0. The highest BCUT2D eigenvalue weighted by Crippen LogP contribution is 2.23. The lowest BCUT2D eigenvalue weighted by atomic mass is 10.1. The van der Waals surface area contributed by atoms with E-state index in [0.29, 0.717) is 12.5 Å². The van der Waals surface area contributed by atoms with E-state index < -0.39 is 0 Å². The molecule has 94 valence electrons. The van der Waals surface area contributed by atoms with E-state index in [1.54, 1.807) is 6.07 Å². The van der Waals surface area contributed by atoms with Crippen LogP contribution >= 0.6 is 11.6 Å². The molecule has 0 spiro atoms. The SMILES string of the molecule is Cc1ccc(OCc2cccc(F)c2)c(CCl)c1. The first-order chi connectivity index (χ1) is 8.69. The molecule has 0 amide bonds. The predicted octanol–water partition coefficient (Wildman–Crippen LogP) is 4.45. The van der Waals surface area contributed by atoms with Crippen LogP contribution in [0.25, 0.3) is 0 Å². The molecule has 0 aliphatic rings. The summed E-state index contributed by atoms with van der Waals surface area (Å²) in [6, 6.07) is 12.2. The van der Waals surface area contributed by atoms with Crippen LogP contribution in [0.4, 0.5) is 4.39 Å². The van der Waals surface area contributed by atoms with Crippen molar-refractivity contribution in [1.29, 1.82) is 0 Å². The lowest BCUT2D eigenvalue weighted by Gasteiger charge is -2.10. The lowest BCUT2D eigenvalue weighted by Crippen LogP contribution is -1.98. The van der Waals surface area contributed by atoms with Gasteiger partial charge in [0, 0.05) is 5.56 Å². The van der Waals surface area contributed by atoms with Gasteiger partial charge in [-0.05, 0) is 30.7 Å². The fourth-order valence-corrected chi connectivity index (χ4v) is 1.95. The van der Waals surface area contributed by atoms with Crippen LogP contribution < -0.4 is 4.74 Å². The van der Waals surface area contributed by atoms with E-state index in [2.05, 4.69) is 0 Å². The van der Waals surface area contributed by atoms with Crippen molar-refractivity contribution in [3.8, 4) is 5.75 Å². The van der Waals surface area contributed by atoms with Gasteiger partial charge in [-0.1, -0.05) is 29.8 Å². The van der Waals surface area contributed by atoms with Crippen molar-refractivity contribution in [3.63, 3.8) is 0 Å². The first kappa shape index (κ1) is 12.9. The second-order valence-electron chi connectivity index (χ2n) is 4.16. The third kappa shape index (κ3) is 3.23. The molecule has 2 aromatic rings. The maximum Gasteiger partial charge on any atom is 0.124 e. The molecule has 0 N–H and O–H groups in total. The zero-order valence-electron chi connectivity index (χ0n) is 10.1. The van der Waals surface area contributed by atoms with Crippen LogP contribution in [0, 0.1) is 12.7 Å². The fourth-order valence-electron chi connectivity index (χ4n) is 1.74. The molecule has 0 aliphatic heterocycles. The number of rotatable bonds is 4. The summed E-state index contributed by atoms with van der Waals surface area (Å²) in [6.07, 6.45) is 0. The van der Waals surface area contributed by atoms with E-state index in [1.807, 2.05) is 31.2 Å². The fraction of sp³-hybridized carbons (Fsp3) is 0.200. The van der Waals surface area contributed by atoms with E-state index in [9.17, 15) is 4.39 Å². The van der Waals surface area contributed by atoms with Crippen molar-refractivity contribution in [3.05, 3.63) is 65.0 Å². The maximum atomic E-state index is 13.0. The number of alkyl halides is 1. The molecule has 0 fully saturated rings. The highest BCUT2D eigenvalue weighted by Gasteiger charge is 2.04. The summed E-state index contributed by atoms with van der Waals surface area (Å²) in [5, 5.41) is 0. The summed E-state index contributed by atoms with van der Waals surface area (Å²) in [7, 11) is 0. The van der Waals surface area contributed by atoms with E-state index in [4.69, 9.17) is 16.3 Å². The molecule has 2 rings (SSSR count). The minimum atomic E-state index is -0.252. The number of halogens is 2. The van der Waals surface area contributed by atoms with Gasteiger partial charge in [-0.3, -0.25) is 0 Å². The van der Waals surface area contributed by atoms with Gasteiger partial charge in [0.1, 0.15) is 18.2 Å². The second kappa shape index (κ2) is 5.87. The predicted molar refractivity (Wildman–Crippen MR) is 71.5 cm³/mol. The summed E-state index contributed by atoms with van der Waals surface area (Å²) >= 11 is 5.87. The van der Waals surface area contributed by atoms with Gasteiger partial charge >= 0.3 is 0 Å². The van der Waals surface area contributed by atoms with Gasteiger partial charge in [0.05, 0.1) is 5.88 Å². The van der Waals surface area contributed by atoms with E-state index in [1.165, 1.54) is 12.1 Å². The third-order valence-corrected chi connectivity index (χ3v) is 2.93. The van der Waals surface area contributed by atoms with Crippen molar-refractivity contribution in [2.24, 2.45) is 0 Å². The lowest BCUT2D eigenvalue weighted by molar-refractivity contribution is 0.303. The maximum absolute atomic E-state index is 13.0. The average Bonchev–Trinajstić information content (AvgIpc) is 2.37. The highest BCUT2D eigenvalue weighted by molar-refractivity contribution is 6.17. The van der Waals surface area contributed by atoms with Crippen LogP contribution in [0.1, 0.15) is 16.7 Å². The van der Waals surface area contributed by atoms with Gasteiger partial charge in [0.15, 0.2) is 0 Å². The number of aryl methyl sites for hydroxylation is 1. The minimum absolute atomic E-state index is 0.252. The van der Waals surface area contributed by atoms with Crippen LogP contribution in [-0.2, 0) is 12.5 Å². The number of ether oxygens (including phenoxy) is 1. The molecule has 0 unspecified atom stereocenters. The van der Waals surface area contributed by atoms with Crippen LogP contribution in [-0.4, -0.2) is 0 Å². The molecule has 0 heterocycles. The van der Waals surface area contributed by atoms with Gasteiger partial charge in [0.25, 0.3) is 0 Å². The molecule has 0 atom stereocenters. The molecule has 0 radical (unpaired) electrons. The number of hydrogen-bond acceptors (Lipinski definition) is 1. The minimum Gasteiger partial charge on any atom is -0.489 e. The van der Waals surface area contributed by atoms with Crippen LogP contribution in [0.5, 0.6) is 5.75 Å². The molecule has 0 aromatic heterocycles. The Bertz CT molecular complexity index is 540. The van der Waals surface area contributed by atoms with Crippen molar-refractivity contribution in [2.45, 2.75) is 19.4 Å². The molecule has 0 bridgehead atoms. The zero-order chi connectivity index (χ0) is 13.0. The highest BCUT2D eigenvalue weighted by atomic mass is 35.5. The monoisotopic (exact) mass is 264 g/mol. The van der Waals surface area contributed by atoms with Crippen LogP contribution in [0.3, 0.4) is 0 Å². The molecule has 18 heavy (non-hydrogen) atoms. The molecule has 3 heteroatoms. The van der Waals surface area contributed by atoms with Crippen molar-refractivity contribution in [1.82, 2.24) is 0 Å². The Hall–Kier alpha value is -1.54. The Morgan fingerprint density at radius 3 is 2.72 bits per heavy atom. The van der Waals surface area contributed by atoms with Crippen molar-refractivity contribution < 1.29 is 9.13 Å². The summed E-state index contributed by atoms with van der Waals surface area (Å²) in [6.45, 7) is 2.34. The molecule has 0 saturated carbocycles. The van der Waals surface area contributed by atoms with E-state index in [0.717, 1.165) is 22.4 Å². The molecular formula is C15H14ClFO. The molecule has 1 nitrogen and oxygen atoms in total. The third-order valence-electron chi connectivity index (χ3n) is 2.64. The number of benzene rings is 2. The molecular weight excluding hydrogens is 251 g/mol. The van der Waals surface area contributed by atoms with Crippen molar-refractivity contribution >= 4 is 11.6 Å². The van der Waals surface area contributed by atoms with Gasteiger partial charge in [-0.15, -0.1) is 11.6 Å². The molecule has 0 aliphatic carbocycles. The van der Waals surface area contributed by atoms with Gasteiger partial charge < -0.3 is 4.74 Å². The van der Waals surface area contributed by atoms with Gasteiger partial charge in [-0.25, -0.2) is 4.39 Å². The van der Waals surface area contributed by atoms with Crippen molar-refractivity contribution in [2.75, 3.05) is 0 Å². The van der Waals surface area contributed by atoms with Crippen LogP contribution in [0.2, 0.25) is 0 Å². The Morgan fingerprint density at radius 1 is 1.17 bits per heavy atom. The van der Waals surface area contributed by atoms with Gasteiger partial charge in [-0.2, -0.15) is 0 Å². The normalized spacial score (nSPS) is 10.4. The van der Waals surface area contributed by atoms with Crippen LogP contribution in [0.15, 0.2) is 42.5 Å². The summed E-state index contributed by atoms with van der Waals surface area (Å²) in [4.78, 5) is 0. The van der Waals surface area contributed by atoms with Gasteiger partial charge in [0.2, 0.25) is 0 Å². The largest absolute Gasteiger partial charge is 0.489 e. The summed E-state index contributed by atoms with van der Waals surface area (Å²) in [5.74, 6) is 0.901. The Balaban J connectivity index is 2.10. The summed E-state index contributed by atoms with van der Waals surface area (Å²) in [5.41, 5.74) is 2.90. The first-order valence-corrected chi connectivity index (χ1v) is 6.25. The molecule has 2 aromatic carbocycles. The Labute approximate surface area is 111 Å². The Morgan fingerprint density at radius 2 is 2.00 bits per heavy atom. The Kier molecular flexibility index (Phi) is 4.21.